The number of hydrogen-bond donors (Lipinski definition) is 1. The fourth-order valence-electron chi connectivity index (χ4n) is 2.27. The Bertz CT molecular complexity index is 578. The van der Waals surface area contributed by atoms with Crippen LogP contribution in [0.5, 0.6) is 11.5 Å². The molecule has 0 spiro atoms. The molecule has 112 valence electrons. The molecule has 1 heterocycles. The van der Waals surface area contributed by atoms with E-state index in [1.165, 1.54) is 24.6 Å². The van der Waals surface area contributed by atoms with Crippen molar-refractivity contribution >= 4 is 10.0 Å². The Balaban J connectivity index is 2.39. The summed E-state index contributed by atoms with van der Waals surface area (Å²) >= 11 is 0. The van der Waals surface area contributed by atoms with E-state index >= 15 is 0 Å². The van der Waals surface area contributed by atoms with Crippen molar-refractivity contribution in [2.75, 3.05) is 27.3 Å². The SMILES string of the molecule is COc1ccc(S(=O)(=O)N2CC(C)C(N)C2)c(OC)c1. The zero-order valence-electron chi connectivity index (χ0n) is 11.9. The lowest BCUT2D eigenvalue weighted by Crippen LogP contribution is -2.32. The van der Waals surface area contributed by atoms with Crippen molar-refractivity contribution in [3.63, 3.8) is 0 Å². The molecule has 20 heavy (non-hydrogen) atoms. The Morgan fingerprint density at radius 1 is 1.25 bits per heavy atom. The van der Waals surface area contributed by atoms with Crippen molar-refractivity contribution in [1.29, 1.82) is 0 Å². The van der Waals surface area contributed by atoms with Gasteiger partial charge >= 0.3 is 0 Å². The molecule has 0 radical (unpaired) electrons. The molecule has 2 atom stereocenters. The summed E-state index contributed by atoms with van der Waals surface area (Å²) in [6.07, 6.45) is 0. The number of sulfonamides is 1. The Labute approximate surface area is 119 Å². The molecule has 0 bridgehead atoms. The highest BCUT2D eigenvalue weighted by Crippen LogP contribution is 2.32. The summed E-state index contributed by atoms with van der Waals surface area (Å²) in [5.41, 5.74) is 5.90. The third-order valence-corrected chi connectivity index (χ3v) is 5.50. The molecular weight excluding hydrogens is 280 g/mol. The highest BCUT2D eigenvalue weighted by Gasteiger charge is 2.36. The van der Waals surface area contributed by atoms with Crippen molar-refractivity contribution in [2.24, 2.45) is 11.7 Å². The molecule has 1 aliphatic rings. The molecule has 6 nitrogen and oxygen atoms in total. The van der Waals surface area contributed by atoms with Crippen LogP contribution in [-0.4, -0.2) is 46.1 Å². The monoisotopic (exact) mass is 300 g/mol. The predicted molar refractivity (Wildman–Crippen MR) is 75.4 cm³/mol. The average Bonchev–Trinajstić information content (AvgIpc) is 2.78. The van der Waals surface area contributed by atoms with Gasteiger partial charge in [-0.2, -0.15) is 4.31 Å². The number of nitrogens with two attached hydrogens (primary N) is 1. The summed E-state index contributed by atoms with van der Waals surface area (Å²) in [6, 6.07) is 4.54. The van der Waals surface area contributed by atoms with Crippen molar-refractivity contribution in [3.8, 4) is 11.5 Å². The molecule has 2 rings (SSSR count). The zero-order chi connectivity index (χ0) is 14.9. The molecule has 0 aromatic heterocycles. The lowest BCUT2D eigenvalue weighted by molar-refractivity contribution is 0.383. The van der Waals surface area contributed by atoms with Crippen molar-refractivity contribution in [3.05, 3.63) is 18.2 Å². The third-order valence-electron chi connectivity index (χ3n) is 3.63. The molecule has 2 N–H and O–H groups in total. The van der Waals surface area contributed by atoms with Crippen LogP contribution in [0.3, 0.4) is 0 Å². The quantitative estimate of drug-likeness (QED) is 0.884. The van der Waals surface area contributed by atoms with Crippen LogP contribution in [0.1, 0.15) is 6.92 Å². The van der Waals surface area contributed by atoms with E-state index in [2.05, 4.69) is 0 Å². The summed E-state index contributed by atoms with van der Waals surface area (Å²) in [5, 5.41) is 0. The minimum absolute atomic E-state index is 0.131. The molecular formula is C13H20N2O4S. The highest BCUT2D eigenvalue weighted by molar-refractivity contribution is 7.89. The molecule has 1 aliphatic heterocycles. The molecule has 7 heteroatoms. The molecule has 1 aromatic rings. The number of rotatable bonds is 4. The van der Waals surface area contributed by atoms with Crippen LogP contribution < -0.4 is 15.2 Å². The van der Waals surface area contributed by atoms with Gasteiger partial charge in [0.25, 0.3) is 0 Å². The molecule has 1 saturated heterocycles. The first kappa shape index (κ1) is 15.1. The fourth-order valence-corrected chi connectivity index (χ4v) is 3.98. The van der Waals surface area contributed by atoms with Crippen LogP contribution in [0.15, 0.2) is 23.1 Å². The first-order valence-electron chi connectivity index (χ1n) is 6.38. The summed E-state index contributed by atoms with van der Waals surface area (Å²) < 4.78 is 37.0. The van der Waals surface area contributed by atoms with Gasteiger partial charge in [-0.25, -0.2) is 8.42 Å². The molecule has 1 aromatic carbocycles. The second kappa shape index (κ2) is 5.59. The maximum Gasteiger partial charge on any atom is 0.246 e. The van der Waals surface area contributed by atoms with Gasteiger partial charge in [0.2, 0.25) is 10.0 Å². The normalized spacial score (nSPS) is 23.8. The largest absolute Gasteiger partial charge is 0.497 e. The van der Waals surface area contributed by atoms with E-state index in [-0.39, 0.29) is 22.6 Å². The maximum absolute atomic E-state index is 12.7. The Morgan fingerprint density at radius 2 is 1.95 bits per heavy atom. The van der Waals surface area contributed by atoms with E-state index in [9.17, 15) is 8.42 Å². The van der Waals surface area contributed by atoms with E-state index in [1.807, 2.05) is 6.92 Å². The number of benzene rings is 1. The van der Waals surface area contributed by atoms with Crippen LogP contribution in [0.25, 0.3) is 0 Å². The standard InChI is InChI=1S/C13H20N2O4S/c1-9-7-15(8-11(9)14)20(16,17)13-5-4-10(18-2)6-12(13)19-3/h4-6,9,11H,7-8,14H2,1-3H3. The molecule has 1 fully saturated rings. The van der Waals surface area contributed by atoms with Crippen LogP contribution in [0, 0.1) is 5.92 Å². The zero-order valence-corrected chi connectivity index (χ0v) is 12.7. The lowest BCUT2D eigenvalue weighted by atomic mass is 10.1. The molecule has 0 saturated carbocycles. The molecule has 0 aliphatic carbocycles. The third kappa shape index (κ3) is 2.61. The van der Waals surface area contributed by atoms with E-state index in [4.69, 9.17) is 15.2 Å². The number of ether oxygens (including phenoxy) is 2. The summed E-state index contributed by atoms with van der Waals surface area (Å²) in [7, 11) is -0.645. The average molecular weight is 300 g/mol. The van der Waals surface area contributed by atoms with E-state index in [0.717, 1.165) is 0 Å². The Hall–Kier alpha value is -1.31. The van der Waals surface area contributed by atoms with Crippen LogP contribution in [-0.2, 0) is 10.0 Å². The highest BCUT2D eigenvalue weighted by atomic mass is 32.2. The van der Waals surface area contributed by atoms with Gasteiger partial charge in [0.05, 0.1) is 14.2 Å². The maximum atomic E-state index is 12.7. The first-order valence-corrected chi connectivity index (χ1v) is 7.82. The smallest absolute Gasteiger partial charge is 0.246 e. The van der Waals surface area contributed by atoms with Gasteiger partial charge in [-0.15, -0.1) is 0 Å². The van der Waals surface area contributed by atoms with Crippen LogP contribution in [0.2, 0.25) is 0 Å². The Morgan fingerprint density at radius 3 is 2.45 bits per heavy atom. The summed E-state index contributed by atoms with van der Waals surface area (Å²) in [5.74, 6) is 0.971. The summed E-state index contributed by atoms with van der Waals surface area (Å²) in [6.45, 7) is 2.71. The second-order valence-corrected chi connectivity index (χ2v) is 6.89. The summed E-state index contributed by atoms with van der Waals surface area (Å²) in [4.78, 5) is 0.141. The number of hydrogen-bond acceptors (Lipinski definition) is 5. The van der Waals surface area contributed by atoms with Crippen molar-refractivity contribution in [1.82, 2.24) is 4.31 Å². The van der Waals surface area contributed by atoms with E-state index in [0.29, 0.717) is 18.8 Å². The molecule has 2 unspecified atom stereocenters. The first-order chi connectivity index (χ1) is 9.40. The second-order valence-electron chi connectivity index (χ2n) is 4.98. The van der Waals surface area contributed by atoms with Gasteiger partial charge in [0, 0.05) is 25.2 Å². The van der Waals surface area contributed by atoms with Gasteiger partial charge < -0.3 is 15.2 Å². The number of methoxy groups -OCH3 is 2. The Kier molecular flexibility index (Phi) is 4.22. The molecule has 0 amide bonds. The van der Waals surface area contributed by atoms with Gasteiger partial charge in [0.15, 0.2) is 0 Å². The van der Waals surface area contributed by atoms with Gasteiger partial charge in [-0.1, -0.05) is 6.92 Å². The minimum atomic E-state index is -3.60. The topological polar surface area (TPSA) is 81.9 Å². The van der Waals surface area contributed by atoms with Crippen molar-refractivity contribution in [2.45, 2.75) is 17.9 Å². The fraction of sp³-hybridized carbons (Fsp3) is 0.538. The van der Waals surface area contributed by atoms with E-state index in [1.54, 1.807) is 12.1 Å². The predicted octanol–water partition coefficient (Wildman–Crippen LogP) is 0.672. The van der Waals surface area contributed by atoms with Gasteiger partial charge in [-0.05, 0) is 18.1 Å². The van der Waals surface area contributed by atoms with Crippen molar-refractivity contribution < 1.29 is 17.9 Å². The van der Waals surface area contributed by atoms with Crippen LogP contribution in [0.4, 0.5) is 0 Å². The minimum Gasteiger partial charge on any atom is -0.497 e. The lowest BCUT2D eigenvalue weighted by Gasteiger charge is -2.18. The number of nitrogens with zero attached hydrogens (tertiary/aromatic N) is 1. The van der Waals surface area contributed by atoms with E-state index < -0.39 is 10.0 Å². The van der Waals surface area contributed by atoms with Gasteiger partial charge in [-0.3, -0.25) is 0 Å². The van der Waals surface area contributed by atoms with Gasteiger partial charge in [0.1, 0.15) is 16.4 Å². The van der Waals surface area contributed by atoms with Crippen LogP contribution >= 0.6 is 0 Å².